The average molecular weight is 368 g/mol. The second kappa shape index (κ2) is 10.4. The monoisotopic (exact) mass is 368 g/mol. The molecule has 144 valence electrons. The Bertz CT molecular complexity index is 756. The molecule has 0 heterocycles. The molecule has 27 heavy (non-hydrogen) atoms. The van der Waals surface area contributed by atoms with Crippen LogP contribution in [0.1, 0.15) is 50.8 Å². The van der Waals surface area contributed by atoms with E-state index in [0.29, 0.717) is 25.9 Å². The lowest BCUT2D eigenvalue weighted by molar-refractivity contribution is -0.121. The van der Waals surface area contributed by atoms with Crippen molar-refractivity contribution < 1.29 is 14.3 Å². The highest BCUT2D eigenvalue weighted by Gasteiger charge is 2.11. The zero-order valence-electron chi connectivity index (χ0n) is 16.2. The highest BCUT2D eigenvalue weighted by molar-refractivity contribution is 5.90. The number of carbonyl (C=O) groups excluding carboxylic acids is 2. The minimum Gasteiger partial charge on any atom is -0.494 e. The Kier molecular flexibility index (Phi) is 7.86. The molecule has 2 aromatic carbocycles. The maximum Gasteiger partial charge on any atom is 0.224 e. The molecule has 2 N–H and O–H groups in total. The van der Waals surface area contributed by atoms with Crippen molar-refractivity contribution in [3.8, 4) is 5.75 Å². The molecule has 0 aliphatic rings. The van der Waals surface area contributed by atoms with E-state index in [1.54, 1.807) is 0 Å². The van der Waals surface area contributed by atoms with Crippen LogP contribution >= 0.6 is 0 Å². The van der Waals surface area contributed by atoms with Gasteiger partial charge in [0.15, 0.2) is 0 Å². The SMILES string of the molecule is CCOc1ccccc1CCC(=O)NC(C)c1ccc(NC(=O)CC)cc1. The fourth-order valence-electron chi connectivity index (χ4n) is 2.76. The Balaban J connectivity index is 1.87. The predicted octanol–water partition coefficient (Wildman–Crippen LogP) is 4.24. The van der Waals surface area contributed by atoms with Gasteiger partial charge in [0, 0.05) is 18.5 Å². The van der Waals surface area contributed by atoms with E-state index in [0.717, 1.165) is 22.6 Å². The molecule has 2 aromatic rings. The summed E-state index contributed by atoms with van der Waals surface area (Å²) in [6, 6.07) is 15.2. The minimum atomic E-state index is -0.101. The van der Waals surface area contributed by atoms with Crippen molar-refractivity contribution >= 4 is 17.5 Å². The van der Waals surface area contributed by atoms with Crippen LogP contribution < -0.4 is 15.4 Å². The molecule has 0 radical (unpaired) electrons. The van der Waals surface area contributed by atoms with Gasteiger partial charge in [0.2, 0.25) is 11.8 Å². The second-order valence-corrected chi connectivity index (χ2v) is 6.35. The Morgan fingerprint density at radius 3 is 2.37 bits per heavy atom. The molecule has 2 amide bonds. The van der Waals surface area contributed by atoms with Crippen LogP contribution in [0.2, 0.25) is 0 Å². The zero-order chi connectivity index (χ0) is 19.6. The summed E-state index contributed by atoms with van der Waals surface area (Å²) in [5.41, 5.74) is 2.79. The van der Waals surface area contributed by atoms with Crippen molar-refractivity contribution in [3.63, 3.8) is 0 Å². The van der Waals surface area contributed by atoms with E-state index >= 15 is 0 Å². The smallest absolute Gasteiger partial charge is 0.224 e. The van der Waals surface area contributed by atoms with Gasteiger partial charge in [-0.2, -0.15) is 0 Å². The van der Waals surface area contributed by atoms with Crippen LogP contribution in [0.15, 0.2) is 48.5 Å². The summed E-state index contributed by atoms with van der Waals surface area (Å²) in [4.78, 5) is 23.7. The maximum absolute atomic E-state index is 12.3. The first-order valence-corrected chi connectivity index (χ1v) is 9.43. The Morgan fingerprint density at radius 2 is 1.70 bits per heavy atom. The molecule has 0 aliphatic heterocycles. The van der Waals surface area contributed by atoms with Gasteiger partial charge in [-0.3, -0.25) is 9.59 Å². The van der Waals surface area contributed by atoms with Crippen LogP contribution in [0.5, 0.6) is 5.75 Å². The lowest BCUT2D eigenvalue weighted by atomic mass is 10.1. The van der Waals surface area contributed by atoms with Crippen LogP contribution in [0.3, 0.4) is 0 Å². The first-order valence-electron chi connectivity index (χ1n) is 9.43. The van der Waals surface area contributed by atoms with E-state index in [-0.39, 0.29) is 17.9 Å². The summed E-state index contributed by atoms with van der Waals surface area (Å²) in [6.45, 7) is 6.32. The maximum atomic E-state index is 12.3. The van der Waals surface area contributed by atoms with E-state index in [2.05, 4.69) is 10.6 Å². The number of aryl methyl sites for hydroxylation is 1. The van der Waals surface area contributed by atoms with E-state index in [4.69, 9.17) is 4.74 Å². The normalized spacial score (nSPS) is 11.5. The van der Waals surface area contributed by atoms with Gasteiger partial charge in [0.05, 0.1) is 12.6 Å². The minimum absolute atomic E-state index is 0.00263. The zero-order valence-corrected chi connectivity index (χ0v) is 16.2. The van der Waals surface area contributed by atoms with Crippen LogP contribution in [-0.2, 0) is 16.0 Å². The molecule has 0 saturated heterocycles. The fourth-order valence-corrected chi connectivity index (χ4v) is 2.76. The van der Waals surface area contributed by atoms with Crippen LogP contribution in [0, 0.1) is 0 Å². The first-order chi connectivity index (χ1) is 13.0. The fraction of sp³-hybridized carbons (Fsp3) is 0.364. The molecule has 2 rings (SSSR count). The van der Waals surface area contributed by atoms with E-state index < -0.39 is 0 Å². The Hall–Kier alpha value is -2.82. The van der Waals surface area contributed by atoms with Gasteiger partial charge in [0.1, 0.15) is 5.75 Å². The lowest BCUT2D eigenvalue weighted by Gasteiger charge is -2.15. The standard InChI is InChI=1S/C22H28N2O3/c1-4-21(25)24-19-13-10-17(11-14-19)16(3)23-22(26)15-12-18-8-6-7-9-20(18)27-5-2/h6-11,13-14,16H,4-5,12,15H2,1-3H3,(H,23,26)(H,24,25). The van der Waals surface area contributed by atoms with Crippen molar-refractivity contribution in [1.29, 1.82) is 0 Å². The molecular formula is C22H28N2O3. The highest BCUT2D eigenvalue weighted by atomic mass is 16.5. The molecule has 0 aromatic heterocycles. The van der Waals surface area contributed by atoms with E-state index in [1.807, 2.05) is 69.3 Å². The summed E-state index contributed by atoms with van der Waals surface area (Å²) < 4.78 is 5.60. The van der Waals surface area contributed by atoms with Crippen molar-refractivity contribution in [3.05, 3.63) is 59.7 Å². The van der Waals surface area contributed by atoms with Crippen molar-refractivity contribution in [2.24, 2.45) is 0 Å². The van der Waals surface area contributed by atoms with Gasteiger partial charge >= 0.3 is 0 Å². The van der Waals surface area contributed by atoms with Crippen LogP contribution in [-0.4, -0.2) is 18.4 Å². The van der Waals surface area contributed by atoms with Gasteiger partial charge in [-0.05, 0) is 49.6 Å². The van der Waals surface area contributed by atoms with E-state index in [9.17, 15) is 9.59 Å². The average Bonchev–Trinajstić information content (AvgIpc) is 2.68. The predicted molar refractivity (Wildman–Crippen MR) is 108 cm³/mol. The molecule has 0 fully saturated rings. The molecule has 5 nitrogen and oxygen atoms in total. The van der Waals surface area contributed by atoms with Gasteiger partial charge in [-0.25, -0.2) is 0 Å². The number of anilines is 1. The number of para-hydroxylation sites is 1. The van der Waals surface area contributed by atoms with Gasteiger partial charge in [0.25, 0.3) is 0 Å². The Labute approximate surface area is 161 Å². The molecule has 0 bridgehead atoms. The first kappa shape index (κ1) is 20.5. The van der Waals surface area contributed by atoms with E-state index in [1.165, 1.54) is 0 Å². The summed E-state index contributed by atoms with van der Waals surface area (Å²) in [5.74, 6) is 0.819. The lowest BCUT2D eigenvalue weighted by Crippen LogP contribution is -2.26. The molecule has 1 unspecified atom stereocenters. The molecule has 0 spiro atoms. The molecule has 0 aliphatic carbocycles. The van der Waals surface area contributed by atoms with Gasteiger partial charge in [-0.1, -0.05) is 37.3 Å². The summed E-state index contributed by atoms with van der Waals surface area (Å²) in [7, 11) is 0. The largest absolute Gasteiger partial charge is 0.494 e. The van der Waals surface area contributed by atoms with Crippen molar-refractivity contribution in [1.82, 2.24) is 5.32 Å². The number of benzene rings is 2. The number of amides is 2. The number of hydrogen-bond acceptors (Lipinski definition) is 3. The van der Waals surface area contributed by atoms with Gasteiger partial charge < -0.3 is 15.4 Å². The van der Waals surface area contributed by atoms with Crippen LogP contribution in [0.25, 0.3) is 0 Å². The number of hydrogen-bond donors (Lipinski definition) is 2. The molecule has 5 heteroatoms. The molecule has 0 saturated carbocycles. The number of rotatable bonds is 9. The molecule has 1 atom stereocenters. The summed E-state index contributed by atoms with van der Waals surface area (Å²) in [6.07, 6.45) is 1.48. The van der Waals surface area contributed by atoms with Crippen molar-refractivity contribution in [2.45, 2.75) is 46.1 Å². The summed E-state index contributed by atoms with van der Waals surface area (Å²) >= 11 is 0. The highest BCUT2D eigenvalue weighted by Crippen LogP contribution is 2.20. The topological polar surface area (TPSA) is 67.4 Å². The number of ether oxygens (including phenoxy) is 1. The quantitative estimate of drug-likeness (QED) is 0.695. The van der Waals surface area contributed by atoms with Crippen molar-refractivity contribution in [2.75, 3.05) is 11.9 Å². The van der Waals surface area contributed by atoms with Gasteiger partial charge in [-0.15, -0.1) is 0 Å². The third-order valence-corrected chi connectivity index (χ3v) is 4.29. The Morgan fingerprint density at radius 1 is 1.00 bits per heavy atom. The molecular weight excluding hydrogens is 340 g/mol. The van der Waals surface area contributed by atoms with Crippen LogP contribution in [0.4, 0.5) is 5.69 Å². The third kappa shape index (κ3) is 6.44. The second-order valence-electron chi connectivity index (χ2n) is 6.35. The summed E-state index contributed by atoms with van der Waals surface area (Å²) in [5, 5.41) is 5.84. The number of carbonyl (C=O) groups is 2. The number of nitrogens with one attached hydrogen (secondary N) is 2. The third-order valence-electron chi connectivity index (χ3n) is 4.29.